The molecule has 100 valence electrons. The van der Waals surface area contributed by atoms with Crippen molar-refractivity contribution in [2.75, 3.05) is 7.11 Å². The number of rotatable bonds is 2. The van der Waals surface area contributed by atoms with E-state index in [-0.39, 0.29) is 6.04 Å². The third-order valence-corrected chi connectivity index (χ3v) is 3.80. The highest BCUT2D eigenvalue weighted by molar-refractivity contribution is 5.40. The van der Waals surface area contributed by atoms with Gasteiger partial charge in [-0.2, -0.15) is 5.10 Å². The molecule has 1 heterocycles. The smallest absolute Gasteiger partial charge is 0.119 e. The summed E-state index contributed by atoms with van der Waals surface area (Å²) in [6.45, 7) is 0. The van der Waals surface area contributed by atoms with Crippen LogP contribution in [0.2, 0.25) is 0 Å². The molecule has 0 amide bonds. The third-order valence-electron chi connectivity index (χ3n) is 3.80. The molecule has 0 fully saturated rings. The second kappa shape index (κ2) is 5.05. The molecule has 1 unspecified atom stereocenters. The van der Waals surface area contributed by atoms with E-state index in [4.69, 9.17) is 10.5 Å². The van der Waals surface area contributed by atoms with E-state index >= 15 is 0 Å². The highest BCUT2D eigenvalue weighted by Crippen LogP contribution is 2.28. The Kier molecular flexibility index (Phi) is 3.25. The van der Waals surface area contributed by atoms with Crippen molar-refractivity contribution in [2.24, 2.45) is 5.73 Å². The fraction of sp³-hybridized carbons (Fsp3) is 0.400. The van der Waals surface area contributed by atoms with Gasteiger partial charge in [0.2, 0.25) is 0 Å². The van der Waals surface area contributed by atoms with Crippen LogP contribution in [0, 0.1) is 0 Å². The molecule has 0 saturated carbocycles. The van der Waals surface area contributed by atoms with Crippen LogP contribution in [-0.4, -0.2) is 16.9 Å². The first-order chi connectivity index (χ1) is 9.29. The summed E-state index contributed by atoms with van der Waals surface area (Å²) in [5, 5.41) is 4.51. The summed E-state index contributed by atoms with van der Waals surface area (Å²) in [6, 6.07) is 8.11. The Balaban J connectivity index is 2.00. The quantitative estimate of drug-likeness (QED) is 0.841. The van der Waals surface area contributed by atoms with Crippen LogP contribution in [0.3, 0.4) is 0 Å². The molecule has 0 radical (unpaired) electrons. The van der Waals surface area contributed by atoms with Crippen LogP contribution in [0.4, 0.5) is 0 Å². The fourth-order valence-corrected chi connectivity index (χ4v) is 2.70. The van der Waals surface area contributed by atoms with Gasteiger partial charge in [0.1, 0.15) is 5.75 Å². The van der Waals surface area contributed by atoms with Gasteiger partial charge < -0.3 is 10.5 Å². The Hall–Kier alpha value is -1.81. The summed E-state index contributed by atoms with van der Waals surface area (Å²) in [5.74, 6) is 0.860. The first-order valence-electron chi connectivity index (χ1n) is 6.76. The van der Waals surface area contributed by atoms with E-state index in [0.29, 0.717) is 0 Å². The lowest BCUT2D eigenvalue weighted by molar-refractivity contribution is 0.414. The average molecular weight is 257 g/mol. The van der Waals surface area contributed by atoms with Gasteiger partial charge >= 0.3 is 0 Å². The molecule has 0 spiro atoms. The van der Waals surface area contributed by atoms with E-state index in [1.807, 2.05) is 35.1 Å². The van der Waals surface area contributed by atoms with Crippen molar-refractivity contribution in [2.45, 2.75) is 31.7 Å². The molecule has 4 heteroatoms. The zero-order valence-electron chi connectivity index (χ0n) is 11.2. The number of ether oxygens (including phenoxy) is 1. The van der Waals surface area contributed by atoms with Crippen LogP contribution < -0.4 is 10.5 Å². The monoisotopic (exact) mass is 257 g/mol. The van der Waals surface area contributed by atoms with Gasteiger partial charge in [-0.15, -0.1) is 0 Å². The minimum absolute atomic E-state index is 0.129. The van der Waals surface area contributed by atoms with Gasteiger partial charge in [-0.25, -0.2) is 4.68 Å². The minimum atomic E-state index is 0.129. The maximum absolute atomic E-state index is 6.21. The Morgan fingerprint density at radius 2 is 2.05 bits per heavy atom. The zero-order valence-corrected chi connectivity index (χ0v) is 11.2. The van der Waals surface area contributed by atoms with Crippen molar-refractivity contribution in [3.05, 3.63) is 41.7 Å². The molecule has 2 N–H and O–H groups in total. The predicted octanol–water partition coefficient (Wildman–Crippen LogP) is 2.61. The topological polar surface area (TPSA) is 53.1 Å². The Labute approximate surface area is 113 Å². The normalized spacial score (nSPS) is 18.7. The Bertz CT molecular complexity index is 559. The number of fused-ring (bicyclic) bond motifs is 1. The summed E-state index contributed by atoms with van der Waals surface area (Å²) >= 11 is 0. The molecule has 1 atom stereocenters. The van der Waals surface area contributed by atoms with E-state index in [1.54, 1.807) is 7.11 Å². The van der Waals surface area contributed by atoms with Crippen LogP contribution >= 0.6 is 0 Å². The molecule has 2 aromatic rings. The number of aromatic nitrogens is 2. The van der Waals surface area contributed by atoms with Crippen LogP contribution in [-0.2, 0) is 6.42 Å². The van der Waals surface area contributed by atoms with E-state index in [2.05, 4.69) is 5.10 Å². The molecule has 1 aromatic carbocycles. The number of methoxy groups -OCH3 is 1. The van der Waals surface area contributed by atoms with Gasteiger partial charge in [0.25, 0.3) is 0 Å². The van der Waals surface area contributed by atoms with Crippen molar-refractivity contribution in [3.63, 3.8) is 0 Å². The van der Waals surface area contributed by atoms with E-state index in [9.17, 15) is 0 Å². The van der Waals surface area contributed by atoms with Crippen LogP contribution in [0.25, 0.3) is 5.69 Å². The van der Waals surface area contributed by atoms with Crippen molar-refractivity contribution < 1.29 is 4.74 Å². The summed E-state index contributed by atoms with van der Waals surface area (Å²) in [4.78, 5) is 0. The highest BCUT2D eigenvalue weighted by Gasteiger charge is 2.20. The number of benzene rings is 1. The zero-order chi connectivity index (χ0) is 13.2. The van der Waals surface area contributed by atoms with Gasteiger partial charge in [-0.05, 0) is 43.5 Å². The van der Waals surface area contributed by atoms with Crippen LogP contribution in [0.15, 0.2) is 30.5 Å². The molecule has 19 heavy (non-hydrogen) atoms. The molecular weight excluding hydrogens is 238 g/mol. The predicted molar refractivity (Wildman–Crippen MR) is 74.6 cm³/mol. The van der Waals surface area contributed by atoms with E-state index in [0.717, 1.165) is 24.3 Å². The van der Waals surface area contributed by atoms with Gasteiger partial charge in [-0.3, -0.25) is 0 Å². The van der Waals surface area contributed by atoms with Crippen molar-refractivity contribution >= 4 is 0 Å². The van der Waals surface area contributed by atoms with Crippen LogP contribution in [0.1, 0.15) is 36.6 Å². The summed E-state index contributed by atoms with van der Waals surface area (Å²) in [7, 11) is 1.67. The van der Waals surface area contributed by atoms with E-state index < -0.39 is 0 Å². The van der Waals surface area contributed by atoms with Gasteiger partial charge in [0.05, 0.1) is 19.0 Å². The second-order valence-electron chi connectivity index (χ2n) is 5.01. The summed E-state index contributed by atoms with van der Waals surface area (Å²) < 4.78 is 7.20. The van der Waals surface area contributed by atoms with Crippen molar-refractivity contribution in [3.8, 4) is 11.4 Å². The Morgan fingerprint density at radius 1 is 1.26 bits per heavy atom. The first-order valence-corrected chi connectivity index (χ1v) is 6.76. The maximum atomic E-state index is 6.21. The number of nitrogens with two attached hydrogens (primary N) is 1. The largest absolute Gasteiger partial charge is 0.497 e. The van der Waals surface area contributed by atoms with Gasteiger partial charge in [-0.1, -0.05) is 6.42 Å². The van der Waals surface area contributed by atoms with E-state index in [1.165, 1.54) is 24.1 Å². The molecule has 4 nitrogen and oxygen atoms in total. The van der Waals surface area contributed by atoms with Crippen molar-refractivity contribution in [1.29, 1.82) is 0 Å². The molecule has 0 saturated heterocycles. The molecule has 1 aliphatic rings. The number of hydrogen-bond donors (Lipinski definition) is 1. The first kappa shape index (κ1) is 12.2. The van der Waals surface area contributed by atoms with Gasteiger partial charge in [0, 0.05) is 17.3 Å². The molecule has 0 bridgehead atoms. The molecular formula is C15H19N3O. The second-order valence-corrected chi connectivity index (χ2v) is 5.01. The maximum Gasteiger partial charge on any atom is 0.119 e. The fourth-order valence-electron chi connectivity index (χ4n) is 2.70. The lowest BCUT2D eigenvalue weighted by Crippen LogP contribution is -2.10. The lowest BCUT2D eigenvalue weighted by Gasteiger charge is -2.10. The third kappa shape index (κ3) is 2.24. The van der Waals surface area contributed by atoms with Crippen LogP contribution in [0.5, 0.6) is 5.75 Å². The van der Waals surface area contributed by atoms with Crippen molar-refractivity contribution in [1.82, 2.24) is 9.78 Å². The Morgan fingerprint density at radius 3 is 2.79 bits per heavy atom. The molecule has 1 aromatic heterocycles. The lowest BCUT2D eigenvalue weighted by atomic mass is 10.1. The standard InChI is InChI=1S/C15H19N3O/c1-19-12-8-6-11(7-9-12)18-15-5-3-2-4-14(16)13(15)10-17-18/h6-10,14H,2-5,16H2,1H3. The van der Waals surface area contributed by atoms with Gasteiger partial charge in [0.15, 0.2) is 0 Å². The molecule has 0 aliphatic heterocycles. The molecule has 1 aliphatic carbocycles. The SMILES string of the molecule is COc1ccc(-n2ncc3c2CCCCC3N)cc1. The highest BCUT2D eigenvalue weighted by atomic mass is 16.5. The molecule has 3 rings (SSSR count). The average Bonchev–Trinajstić information content (AvgIpc) is 2.79. The number of nitrogens with zero attached hydrogens (tertiary/aromatic N) is 2. The number of hydrogen-bond acceptors (Lipinski definition) is 3. The summed E-state index contributed by atoms with van der Waals surface area (Å²) in [6.07, 6.45) is 6.41. The minimum Gasteiger partial charge on any atom is -0.497 e. The summed E-state index contributed by atoms with van der Waals surface area (Å²) in [5.41, 5.74) is 9.74.